The first-order chi connectivity index (χ1) is 9.78. The highest BCUT2D eigenvalue weighted by atomic mass is 16.5. The van der Waals surface area contributed by atoms with Gasteiger partial charge in [0.25, 0.3) is 0 Å². The number of ether oxygens (including phenoxy) is 1. The zero-order valence-corrected chi connectivity index (χ0v) is 12.6. The van der Waals surface area contributed by atoms with Crippen LogP contribution < -0.4 is 4.74 Å². The summed E-state index contributed by atoms with van der Waals surface area (Å²) in [7, 11) is 3.76. The molecule has 3 rings (SSSR count). The average molecular weight is 267 g/mol. The molecule has 1 aromatic heterocycles. The highest BCUT2D eigenvalue weighted by Gasteiger charge is 2.02. The van der Waals surface area contributed by atoms with Gasteiger partial charge in [-0.1, -0.05) is 38.1 Å². The molecule has 0 atom stereocenters. The molecule has 0 aliphatic rings. The summed E-state index contributed by atoms with van der Waals surface area (Å²) in [6, 6.07) is 16.8. The van der Waals surface area contributed by atoms with Crippen molar-refractivity contribution in [1.29, 1.82) is 0 Å². The van der Waals surface area contributed by atoms with Crippen molar-refractivity contribution in [3.05, 3.63) is 54.7 Å². The molecule has 104 valence electrons. The Hall–Kier alpha value is -2.22. The Morgan fingerprint density at radius 3 is 2.15 bits per heavy atom. The molecular formula is C18H21NO. The lowest BCUT2D eigenvalue weighted by Crippen LogP contribution is -1.85. The first kappa shape index (κ1) is 14.2. The van der Waals surface area contributed by atoms with Crippen LogP contribution in [0.15, 0.2) is 54.7 Å². The number of benzene rings is 2. The maximum Gasteiger partial charge on any atom is 0.118 e. The lowest BCUT2D eigenvalue weighted by Gasteiger charge is -2.05. The molecule has 0 radical (unpaired) electrons. The van der Waals surface area contributed by atoms with Gasteiger partial charge in [0.15, 0.2) is 0 Å². The van der Waals surface area contributed by atoms with Gasteiger partial charge in [0.2, 0.25) is 0 Å². The molecule has 0 N–H and O–H groups in total. The van der Waals surface area contributed by atoms with Crippen LogP contribution in [0.1, 0.15) is 13.8 Å². The molecule has 1 heterocycles. The molecule has 2 nitrogen and oxygen atoms in total. The minimum Gasteiger partial charge on any atom is -0.497 e. The molecule has 20 heavy (non-hydrogen) atoms. The Labute approximate surface area is 120 Å². The van der Waals surface area contributed by atoms with Crippen molar-refractivity contribution in [2.24, 2.45) is 7.05 Å². The van der Waals surface area contributed by atoms with Crippen LogP contribution in [0.4, 0.5) is 0 Å². The van der Waals surface area contributed by atoms with Gasteiger partial charge in [0.05, 0.1) is 7.11 Å². The quantitative estimate of drug-likeness (QED) is 0.645. The van der Waals surface area contributed by atoms with E-state index in [0.717, 1.165) is 5.75 Å². The van der Waals surface area contributed by atoms with E-state index in [-0.39, 0.29) is 0 Å². The van der Waals surface area contributed by atoms with E-state index < -0.39 is 0 Å². The molecule has 0 spiro atoms. The number of methoxy groups -OCH3 is 1. The SMILES string of the molecule is CC.COc1ccc(-c2ccc3ccn(C)c3c2)cc1. The second-order valence-electron chi connectivity index (χ2n) is 4.43. The predicted molar refractivity (Wildman–Crippen MR) is 86.3 cm³/mol. The molecule has 2 heteroatoms. The van der Waals surface area contributed by atoms with Crippen LogP contribution in [0.25, 0.3) is 22.0 Å². The van der Waals surface area contributed by atoms with E-state index in [9.17, 15) is 0 Å². The van der Waals surface area contributed by atoms with E-state index >= 15 is 0 Å². The smallest absolute Gasteiger partial charge is 0.118 e. The molecule has 0 amide bonds. The van der Waals surface area contributed by atoms with Crippen LogP contribution >= 0.6 is 0 Å². The van der Waals surface area contributed by atoms with E-state index in [1.807, 2.05) is 26.0 Å². The van der Waals surface area contributed by atoms with Crippen molar-refractivity contribution < 1.29 is 4.74 Å². The number of aromatic nitrogens is 1. The van der Waals surface area contributed by atoms with Crippen molar-refractivity contribution in [3.63, 3.8) is 0 Å². The minimum absolute atomic E-state index is 0.888. The third-order valence-electron chi connectivity index (χ3n) is 3.31. The second kappa shape index (κ2) is 6.29. The van der Waals surface area contributed by atoms with Gasteiger partial charge in [0, 0.05) is 18.8 Å². The molecule has 0 aliphatic carbocycles. The largest absolute Gasteiger partial charge is 0.497 e. The van der Waals surface area contributed by atoms with Crippen molar-refractivity contribution in [2.45, 2.75) is 13.8 Å². The molecule has 3 aromatic rings. The molecular weight excluding hydrogens is 246 g/mol. The second-order valence-corrected chi connectivity index (χ2v) is 4.43. The predicted octanol–water partition coefficient (Wildman–Crippen LogP) is 4.88. The van der Waals surface area contributed by atoms with Gasteiger partial charge in [-0.25, -0.2) is 0 Å². The number of hydrogen-bond donors (Lipinski definition) is 0. The Bertz CT molecular complexity index is 680. The Morgan fingerprint density at radius 1 is 0.850 bits per heavy atom. The summed E-state index contributed by atoms with van der Waals surface area (Å²) in [6.07, 6.45) is 2.09. The van der Waals surface area contributed by atoms with Crippen LogP contribution in [0.5, 0.6) is 5.75 Å². The molecule has 0 saturated heterocycles. The van der Waals surface area contributed by atoms with Gasteiger partial charge in [-0.05, 0) is 40.8 Å². The number of fused-ring (bicyclic) bond motifs is 1. The summed E-state index contributed by atoms with van der Waals surface area (Å²) < 4.78 is 7.32. The standard InChI is InChI=1S/C16H15NO.C2H6/c1-17-10-9-13-3-4-14(11-16(13)17)12-5-7-15(18-2)8-6-12;1-2/h3-11H,1-2H3;1-2H3. The summed E-state index contributed by atoms with van der Waals surface area (Å²) in [5.74, 6) is 0.888. The zero-order valence-electron chi connectivity index (χ0n) is 12.6. The highest BCUT2D eigenvalue weighted by Crippen LogP contribution is 2.26. The fourth-order valence-electron chi connectivity index (χ4n) is 2.23. The lowest BCUT2D eigenvalue weighted by molar-refractivity contribution is 0.415. The van der Waals surface area contributed by atoms with Crippen molar-refractivity contribution in [1.82, 2.24) is 4.57 Å². The van der Waals surface area contributed by atoms with Gasteiger partial charge in [-0.15, -0.1) is 0 Å². The van der Waals surface area contributed by atoms with Crippen molar-refractivity contribution in [3.8, 4) is 16.9 Å². The Morgan fingerprint density at radius 2 is 1.50 bits per heavy atom. The lowest BCUT2D eigenvalue weighted by atomic mass is 10.0. The fraction of sp³-hybridized carbons (Fsp3) is 0.222. The van der Waals surface area contributed by atoms with E-state index in [1.165, 1.54) is 22.0 Å². The van der Waals surface area contributed by atoms with Crippen LogP contribution in [0.3, 0.4) is 0 Å². The summed E-state index contributed by atoms with van der Waals surface area (Å²) in [4.78, 5) is 0. The van der Waals surface area contributed by atoms with Crippen LogP contribution in [0, 0.1) is 0 Å². The fourth-order valence-corrected chi connectivity index (χ4v) is 2.23. The molecule has 0 unspecified atom stereocenters. The monoisotopic (exact) mass is 267 g/mol. The molecule has 0 aliphatic heterocycles. The van der Waals surface area contributed by atoms with Gasteiger partial charge < -0.3 is 9.30 Å². The zero-order chi connectivity index (χ0) is 14.5. The van der Waals surface area contributed by atoms with Gasteiger partial charge in [0.1, 0.15) is 5.75 Å². The van der Waals surface area contributed by atoms with Crippen LogP contribution in [-0.4, -0.2) is 11.7 Å². The summed E-state index contributed by atoms with van der Waals surface area (Å²) >= 11 is 0. The normalized spacial score (nSPS) is 10.0. The van der Waals surface area contributed by atoms with Crippen LogP contribution in [0.2, 0.25) is 0 Å². The average Bonchev–Trinajstić information content (AvgIpc) is 2.90. The maximum absolute atomic E-state index is 5.18. The van der Waals surface area contributed by atoms with Gasteiger partial charge in [-0.2, -0.15) is 0 Å². The molecule has 0 fully saturated rings. The summed E-state index contributed by atoms with van der Waals surface area (Å²) in [5, 5.41) is 1.27. The highest BCUT2D eigenvalue weighted by molar-refractivity contribution is 5.85. The third-order valence-corrected chi connectivity index (χ3v) is 3.31. The maximum atomic E-state index is 5.18. The number of hydrogen-bond acceptors (Lipinski definition) is 1. The Balaban J connectivity index is 0.000000704. The van der Waals surface area contributed by atoms with Crippen molar-refractivity contribution in [2.75, 3.05) is 7.11 Å². The van der Waals surface area contributed by atoms with Crippen LogP contribution in [-0.2, 0) is 7.05 Å². The third kappa shape index (κ3) is 2.69. The molecule has 2 aromatic carbocycles. The Kier molecular flexibility index (Phi) is 4.46. The topological polar surface area (TPSA) is 14.2 Å². The van der Waals surface area contributed by atoms with Gasteiger partial charge in [-0.3, -0.25) is 0 Å². The molecule has 0 saturated carbocycles. The summed E-state index contributed by atoms with van der Waals surface area (Å²) in [6.45, 7) is 4.00. The van der Waals surface area contributed by atoms with E-state index in [1.54, 1.807) is 7.11 Å². The first-order valence-corrected chi connectivity index (χ1v) is 6.97. The van der Waals surface area contributed by atoms with Crippen molar-refractivity contribution >= 4 is 10.9 Å². The number of aryl methyl sites for hydroxylation is 1. The van der Waals surface area contributed by atoms with E-state index in [2.05, 4.69) is 54.2 Å². The molecule has 0 bridgehead atoms. The van der Waals surface area contributed by atoms with E-state index in [0.29, 0.717) is 0 Å². The van der Waals surface area contributed by atoms with Gasteiger partial charge >= 0.3 is 0 Å². The minimum atomic E-state index is 0.888. The first-order valence-electron chi connectivity index (χ1n) is 6.97. The number of nitrogens with zero attached hydrogens (tertiary/aromatic N) is 1. The van der Waals surface area contributed by atoms with E-state index in [4.69, 9.17) is 4.74 Å². The summed E-state index contributed by atoms with van der Waals surface area (Å²) in [5.41, 5.74) is 3.69. The number of rotatable bonds is 2.